The van der Waals surface area contributed by atoms with Crippen LogP contribution in [-0.4, -0.2) is 10.2 Å². The maximum Gasteiger partial charge on any atom is 0.253 e. The Morgan fingerprint density at radius 1 is 0.917 bits per heavy atom. The first-order chi connectivity index (χ1) is 11.7. The molecular weight excluding hydrogens is 322 g/mol. The van der Waals surface area contributed by atoms with Crippen molar-refractivity contribution in [1.29, 1.82) is 0 Å². The van der Waals surface area contributed by atoms with Gasteiger partial charge in [0.25, 0.3) is 5.24 Å². The number of aromatic nitrogens is 1. The fourth-order valence-electron chi connectivity index (χ4n) is 2.78. The first kappa shape index (κ1) is 14.7. The quantitative estimate of drug-likeness (QED) is 0.461. The number of fused-ring (bicyclic) bond motifs is 2. The summed E-state index contributed by atoms with van der Waals surface area (Å²) in [6, 6.07) is 20.7. The molecule has 0 atom stereocenters. The van der Waals surface area contributed by atoms with Crippen molar-refractivity contribution in [2.24, 2.45) is 0 Å². The van der Waals surface area contributed by atoms with E-state index in [1.54, 1.807) is 12.3 Å². The van der Waals surface area contributed by atoms with E-state index in [1.165, 1.54) is 0 Å². The highest BCUT2D eigenvalue weighted by molar-refractivity contribution is 6.68. The van der Waals surface area contributed by atoms with E-state index in [0.29, 0.717) is 11.3 Å². The predicted octanol–water partition coefficient (Wildman–Crippen LogP) is 5.56. The lowest BCUT2D eigenvalue weighted by atomic mass is 10.1. The maximum atomic E-state index is 11.5. The van der Waals surface area contributed by atoms with Crippen molar-refractivity contribution in [3.63, 3.8) is 0 Å². The van der Waals surface area contributed by atoms with Crippen molar-refractivity contribution >= 4 is 38.5 Å². The van der Waals surface area contributed by atoms with Gasteiger partial charge in [-0.25, -0.2) is 0 Å². The number of hydrogen-bond acceptors (Lipinski definition) is 3. The number of carbonyl (C=O) groups is 1. The Kier molecular flexibility index (Phi) is 3.63. The zero-order chi connectivity index (χ0) is 16.5. The normalized spacial score (nSPS) is 10.9. The number of hydrogen-bond donors (Lipinski definition) is 0. The first-order valence-corrected chi connectivity index (χ1v) is 7.84. The summed E-state index contributed by atoms with van der Waals surface area (Å²) in [5, 5.41) is 2.20. The predicted molar refractivity (Wildman–Crippen MR) is 95.9 cm³/mol. The smallest absolute Gasteiger partial charge is 0.253 e. The molecule has 0 saturated carbocycles. The monoisotopic (exact) mass is 333 g/mol. The van der Waals surface area contributed by atoms with Gasteiger partial charge in [0, 0.05) is 17.1 Å². The fraction of sp³-hybridized carbons (Fsp3) is 0. The molecule has 4 rings (SSSR count). The summed E-state index contributed by atoms with van der Waals surface area (Å²) >= 11 is 5.64. The van der Waals surface area contributed by atoms with Gasteiger partial charge < -0.3 is 4.74 Å². The Bertz CT molecular complexity index is 1070. The summed E-state index contributed by atoms with van der Waals surface area (Å²) < 4.78 is 6.04. The largest absolute Gasteiger partial charge is 0.457 e. The molecule has 0 saturated heterocycles. The summed E-state index contributed by atoms with van der Waals surface area (Å²) in [5.74, 6) is 1.43. The highest BCUT2D eigenvalue weighted by Gasteiger charge is 2.09. The number of para-hydroxylation sites is 1. The number of rotatable bonds is 3. The van der Waals surface area contributed by atoms with Crippen LogP contribution in [-0.2, 0) is 0 Å². The molecule has 0 aliphatic carbocycles. The number of nitrogens with zero attached hydrogens (tertiary/aromatic N) is 1. The van der Waals surface area contributed by atoms with E-state index in [4.69, 9.17) is 16.3 Å². The number of pyridine rings is 1. The van der Waals surface area contributed by atoms with Crippen LogP contribution < -0.4 is 4.74 Å². The van der Waals surface area contributed by atoms with Gasteiger partial charge in [-0.05, 0) is 64.8 Å². The number of carbonyl (C=O) groups excluding carboxylic acids is 1. The molecule has 0 spiro atoms. The lowest BCUT2D eigenvalue weighted by Gasteiger charge is -2.10. The number of halogens is 1. The molecule has 1 heterocycles. The molecule has 0 radical (unpaired) electrons. The molecule has 116 valence electrons. The highest BCUT2D eigenvalue weighted by atomic mass is 35.5. The molecule has 0 aliphatic heterocycles. The zero-order valence-electron chi connectivity index (χ0n) is 12.6. The van der Waals surface area contributed by atoms with Crippen molar-refractivity contribution in [2.45, 2.75) is 0 Å². The summed E-state index contributed by atoms with van der Waals surface area (Å²) in [7, 11) is 0. The second kappa shape index (κ2) is 5.95. The van der Waals surface area contributed by atoms with Gasteiger partial charge in [-0.1, -0.05) is 24.3 Å². The minimum absolute atomic E-state index is 0.464. The van der Waals surface area contributed by atoms with Crippen LogP contribution in [0.2, 0.25) is 0 Å². The number of benzene rings is 3. The minimum Gasteiger partial charge on any atom is -0.457 e. The van der Waals surface area contributed by atoms with E-state index in [9.17, 15) is 4.79 Å². The highest BCUT2D eigenvalue weighted by Crippen LogP contribution is 2.31. The summed E-state index contributed by atoms with van der Waals surface area (Å²) in [6.07, 6.45) is 1.73. The van der Waals surface area contributed by atoms with Crippen LogP contribution in [0.5, 0.6) is 11.5 Å². The topological polar surface area (TPSA) is 39.2 Å². The van der Waals surface area contributed by atoms with Gasteiger partial charge in [-0.15, -0.1) is 0 Å². The minimum atomic E-state index is -0.464. The molecule has 0 aliphatic rings. The molecule has 1 aromatic heterocycles. The van der Waals surface area contributed by atoms with Crippen molar-refractivity contribution in [1.82, 2.24) is 4.98 Å². The van der Waals surface area contributed by atoms with Gasteiger partial charge >= 0.3 is 0 Å². The van der Waals surface area contributed by atoms with Crippen molar-refractivity contribution in [3.05, 3.63) is 78.5 Å². The van der Waals surface area contributed by atoms with E-state index in [-0.39, 0.29) is 0 Å². The molecule has 3 nitrogen and oxygen atoms in total. The third kappa shape index (κ3) is 2.59. The Morgan fingerprint density at radius 2 is 1.79 bits per heavy atom. The van der Waals surface area contributed by atoms with Crippen LogP contribution in [0.15, 0.2) is 72.9 Å². The Labute approximate surface area is 143 Å². The molecule has 0 N–H and O–H groups in total. The van der Waals surface area contributed by atoms with Gasteiger partial charge in [0.2, 0.25) is 0 Å². The number of ether oxygens (including phenoxy) is 1. The van der Waals surface area contributed by atoms with E-state index in [2.05, 4.69) is 4.98 Å². The molecular formula is C20H12ClNO2. The van der Waals surface area contributed by atoms with E-state index in [0.717, 1.165) is 27.4 Å². The maximum absolute atomic E-state index is 11.5. The van der Waals surface area contributed by atoms with Crippen LogP contribution in [0.25, 0.3) is 21.7 Å². The fourth-order valence-corrected chi connectivity index (χ4v) is 2.95. The third-order valence-corrected chi connectivity index (χ3v) is 4.10. The van der Waals surface area contributed by atoms with Crippen molar-refractivity contribution < 1.29 is 9.53 Å². The van der Waals surface area contributed by atoms with Crippen LogP contribution >= 0.6 is 11.6 Å². The molecule has 0 amide bonds. The Hall–Kier alpha value is -2.91. The molecule has 3 aromatic carbocycles. The average molecular weight is 334 g/mol. The summed E-state index contributed by atoms with van der Waals surface area (Å²) in [5.41, 5.74) is 1.38. The van der Waals surface area contributed by atoms with Gasteiger partial charge in [0.05, 0.1) is 5.52 Å². The lowest BCUT2D eigenvalue weighted by Crippen LogP contribution is -1.91. The standard InChI is InChI=1S/C20H12ClNO2/c21-20(23)16-6-3-4-13-12-14(8-9-15(13)16)24-19-10-11-22-18-7-2-1-5-17(18)19/h1-12H. The SMILES string of the molecule is O=C(Cl)c1cccc2cc(Oc3ccnc4ccccc34)ccc12. The molecule has 0 fully saturated rings. The van der Waals surface area contributed by atoms with Crippen LogP contribution in [0.3, 0.4) is 0 Å². The zero-order valence-corrected chi connectivity index (χ0v) is 13.3. The summed E-state index contributed by atoms with van der Waals surface area (Å²) in [4.78, 5) is 15.8. The Morgan fingerprint density at radius 3 is 2.67 bits per heavy atom. The lowest BCUT2D eigenvalue weighted by molar-refractivity contribution is 0.108. The van der Waals surface area contributed by atoms with Gasteiger partial charge in [0.1, 0.15) is 11.5 Å². The molecule has 24 heavy (non-hydrogen) atoms. The van der Waals surface area contributed by atoms with E-state index >= 15 is 0 Å². The second-order valence-corrected chi connectivity index (χ2v) is 5.73. The Balaban J connectivity index is 1.78. The van der Waals surface area contributed by atoms with Gasteiger partial charge in [-0.3, -0.25) is 9.78 Å². The van der Waals surface area contributed by atoms with Gasteiger partial charge in [-0.2, -0.15) is 0 Å². The van der Waals surface area contributed by atoms with Crippen molar-refractivity contribution in [3.8, 4) is 11.5 Å². The van der Waals surface area contributed by atoms with Crippen molar-refractivity contribution in [2.75, 3.05) is 0 Å². The third-order valence-electron chi connectivity index (χ3n) is 3.90. The molecule has 4 aromatic rings. The molecule has 0 bridgehead atoms. The van der Waals surface area contributed by atoms with Crippen LogP contribution in [0, 0.1) is 0 Å². The first-order valence-electron chi connectivity index (χ1n) is 7.46. The van der Waals surface area contributed by atoms with Crippen LogP contribution in [0.1, 0.15) is 10.4 Å². The van der Waals surface area contributed by atoms with E-state index < -0.39 is 5.24 Å². The molecule has 0 unspecified atom stereocenters. The second-order valence-electron chi connectivity index (χ2n) is 5.39. The van der Waals surface area contributed by atoms with Crippen LogP contribution in [0.4, 0.5) is 0 Å². The van der Waals surface area contributed by atoms with Gasteiger partial charge in [0.15, 0.2) is 0 Å². The molecule has 4 heteroatoms. The average Bonchev–Trinajstić information content (AvgIpc) is 2.61. The van der Waals surface area contributed by atoms with E-state index in [1.807, 2.05) is 60.7 Å². The summed E-state index contributed by atoms with van der Waals surface area (Å²) in [6.45, 7) is 0.